The lowest BCUT2D eigenvalue weighted by atomic mass is 9.96. The van der Waals surface area contributed by atoms with Crippen LogP contribution >= 0.6 is 0 Å². The standard InChI is InChI=1S/C8H5NO7/c9-3-8-14-4(10)1-7(13,6(12)16-8)2-5(11)15-8/h13H,1-2H2. The number of hydrogen-bond acceptors (Lipinski definition) is 8. The second-order valence-corrected chi connectivity index (χ2v) is 3.39. The molecule has 0 radical (unpaired) electrons. The van der Waals surface area contributed by atoms with Crippen molar-refractivity contribution in [3.63, 3.8) is 0 Å². The minimum absolute atomic E-state index is 0.760. The van der Waals surface area contributed by atoms with Crippen molar-refractivity contribution in [2.75, 3.05) is 0 Å². The van der Waals surface area contributed by atoms with Crippen LogP contribution in [0.4, 0.5) is 0 Å². The van der Waals surface area contributed by atoms with Crippen LogP contribution in [0.25, 0.3) is 0 Å². The van der Waals surface area contributed by atoms with Gasteiger partial charge in [-0.3, -0.25) is 9.59 Å². The molecule has 2 saturated heterocycles. The molecular formula is C8H5NO7. The van der Waals surface area contributed by atoms with E-state index in [-0.39, 0.29) is 0 Å². The lowest BCUT2D eigenvalue weighted by Crippen LogP contribution is -2.41. The van der Waals surface area contributed by atoms with Crippen molar-refractivity contribution in [2.45, 2.75) is 24.4 Å². The predicted octanol–water partition coefficient (Wildman–Crippen LogP) is -1.67. The van der Waals surface area contributed by atoms with Gasteiger partial charge in [-0.2, -0.15) is 5.26 Å². The summed E-state index contributed by atoms with van der Waals surface area (Å²) in [6.07, 6.45) is -1.52. The van der Waals surface area contributed by atoms with E-state index in [2.05, 4.69) is 14.2 Å². The maximum atomic E-state index is 11.4. The van der Waals surface area contributed by atoms with Gasteiger partial charge in [0.25, 0.3) is 0 Å². The smallest absolute Gasteiger partial charge is 0.377 e. The van der Waals surface area contributed by atoms with Crippen molar-refractivity contribution < 1.29 is 33.7 Å². The van der Waals surface area contributed by atoms with Gasteiger partial charge in [0.1, 0.15) is 0 Å². The third-order valence-electron chi connectivity index (χ3n) is 2.11. The number of ether oxygens (including phenoxy) is 3. The minimum Gasteiger partial charge on any atom is -0.377 e. The first kappa shape index (κ1) is 10.4. The Balaban J connectivity index is 2.53. The number of nitrogens with zero attached hydrogens (tertiary/aromatic N) is 1. The van der Waals surface area contributed by atoms with Crippen LogP contribution in [0.2, 0.25) is 0 Å². The average Bonchev–Trinajstić information content (AvgIpc) is 2.27. The van der Waals surface area contributed by atoms with E-state index in [4.69, 9.17) is 5.26 Å². The first-order chi connectivity index (χ1) is 7.39. The molecule has 0 aromatic carbocycles. The molecule has 8 heteroatoms. The summed E-state index contributed by atoms with van der Waals surface area (Å²) in [4.78, 5) is 33.7. The largest absolute Gasteiger partial charge is 0.522 e. The second-order valence-electron chi connectivity index (χ2n) is 3.39. The van der Waals surface area contributed by atoms with Gasteiger partial charge in [-0.05, 0) is 0 Å². The number of hydrogen-bond donors (Lipinski definition) is 1. The second kappa shape index (κ2) is 2.93. The minimum atomic E-state index is -2.72. The molecule has 0 amide bonds. The summed E-state index contributed by atoms with van der Waals surface area (Å²) in [6, 6.07) is 1.25. The molecule has 2 heterocycles. The summed E-state index contributed by atoms with van der Waals surface area (Å²) < 4.78 is 13.1. The zero-order valence-corrected chi connectivity index (χ0v) is 7.76. The molecular weight excluding hydrogens is 222 g/mol. The summed E-state index contributed by atoms with van der Waals surface area (Å²) in [5, 5.41) is 18.4. The van der Waals surface area contributed by atoms with Crippen molar-refractivity contribution in [3.05, 3.63) is 0 Å². The molecule has 0 aromatic heterocycles. The number of carbonyl (C=O) groups excluding carboxylic acids is 3. The van der Waals surface area contributed by atoms with Crippen molar-refractivity contribution in [2.24, 2.45) is 0 Å². The maximum Gasteiger partial charge on any atom is 0.522 e. The van der Waals surface area contributed by atoms with Gasteiger partial charge >= 0.3 is 23.9 Å². The number of rotatable bonds is 0. The van der Waals surface area contributed by atoms with Gasteiger partial charge in [0.05, 0.1) is 12.8 Å². The molecule has 0 saturated carbocycles. The molecule has 0 aromatic rings. The van der Waals surface area contributed by atoms with E-state index in [1.165, 1.54) is 6.07 Å². The Morgan fingerprint density at radius 2 is 1.62 bits per heavy atom. The molecule has 84 valence electrons. The van der Waals surface area contributed by atoms with Crippen molar-refractivity contribution in [1.29, 1.82) is 5.26 Å². The van der Waals surface area contributed by atoms with Gasteiger partial charge in [0, 0.05) is 0 Å². The van der Waals surface area contributed by atoms with Crippen LogP contribution < -0.4 is 0 Å². The SMILES string of the molecule is N#CC12OC(=O)CC(O)(CC(=O)O1)C(=O)O2. The van der Waals surface area contributed by atoms with E-state index in [1.54, 1.807) is 0 Å². The Morgan fingerprint density at radius 1 is 1.12 bits per heavy atom. The molecule has 0 unspecified atom stereocenters. The highest BCUT2D eigenvalue weighted by atomic mass is 16.9. The summed E-state index contributed by atoms with van der Waals surface area (Å²) in [5.74, 6) is -6.15. The predicted molar refractivity (Wildman–Crippen MR) is 40.8 cm³/mol. The monoisotopic (exact) mass is 227 g/mol. The molecule has 1 N–H and O–H groups in total. The molecule has 2 rings (SSSR count). The van der Waals surface area contributed by atoms with E-state index in [0.717, 1.165) is 0 Å². The zero-order valence-electron chi connectivity index (χ0n) is 7.76. The van der Waals surface area contributed by atoms with Crippen molar-refractivity contribution in [3.8, 4) is 6.07 Å². The molecule has 16 heavy (non-hydrogen) atoms. The van der Waals surface area contributed by atoms with E-state index < -0.39 is 42.3 Å². The Kier molecular flexibility index (Phi) is 1.90. The molecule has 8 nitrogen and oxygen atoms in total. The summed E-state index contributed by atoms with van der Waals surface area (Å²) >= 11 is 0. The molecule has 2 fully saturated rings. The molecule has 0 aliphatic carbocycles. The number of nitriles is 1. The molecule has 2 bridgehead atoms. The fourth-order valence-electron chi connectivity index (χ4n) is 1.40. The average molecular weight is 227 g/mol. The maximum absolute atomic E-state index is 11.4. The van der Waals surface area contributed by atoms with E-state index in [1.807, 2.05) is 0 Å². The van der Waals surface area contributed by atoms with Crippen LogP contribution in [0.1, 0.15) is 12.8 Å². The van der Waals surface area contributed by atoms with Crippen LogP contribution in [0.3, 0.4) is 0 Å². The summed E-state index contributed by atoms with van der Waals surface area (Å²) in [6.45, 7) is 0. The number of aliphatic hydroxyl groups is 1. The first-order valence-corrected chi connectivity index (χ1v) is 4.20. The van der Waals surface area contributed by atoms with Gasteiger partial charge in [0.2, 0.25) is 6.07 Å². The Morgan fingerprint density at radius 3 is 2.06 bits per heavy atom. The van der Waals surface area contributed by atoms with E-state index in [9.17, 15) is 19.5 Å². The third-order valence-corrected chi connectivity index (χ3v) is 2.11. The van der Waals surface area contributed by atoms with Crippen LogP contribution in [0.5, 0.6) is 0 Å². The molecule has 0 spiro atoms. The molecule has 2 aliphatic rings. The Labute approximate surface area is 88.3 Å². The van der Waals surface area contributed by atoms with Gasteiger partial charge < -0.3 is 19.3 Å². The zero-order chi connectivity index (χ0) is 12.0. The molecule has 0 atom stereocenters. The highest BCUT2D eigenvalue weighted by Crippen LogP contribution is 2.33. The number of fused-ring (bicyclic) bond motifs is 3. The van der Waals surface area contributed by atoms with Crippen LogP contribution in [0.15, 0.2) is 0 Å². The van der Waals surface area contributed by atoms with E-state index >= 15 is 0 Å². The summed E-state index contributed by atoms with van der Waals surface area (Å²) in [7, 11) is 0. The fraction of sp³-hybridized carbons (Fsp3) is 0.500. The highest BCUT2D eigenvalue weighted by Gasteiger charge is 2.59. The third kappa shape index (κ3) is 1.38. The van der Waals surface area contributed by atoms with Gasteiger partial charge in [-0.25, -0.2) is 4.79 Å². The number of carbonyl (C=O) groups is 3. The normalized spacial score (nSPS) is 37.6. The number of esters is 3. The van der Waals surface area contributed by atoms with Crippen molar-refractivity contribution >= 4 is 17.9 Å². The highest BCUT2D eigenvalue weighted by molar-refractivity contribution is 5.93. The lowest BCUT2D eigenvalue weighted by Gasteiger charge is -2.21. The topological polar surface area (TPSA) is 123 Å². The quantitative estimate of drug-likeness (QED) is 0.487. The van der Waals surface area contributed by atoms with Crippen molar-refractivity contribution in [1.82, 2.24) is 0 Å². The molecule has 2 aliphatic heterocycles. The van der Waals surface area contributed by atoms with Crippen LogP contribution in [-0.4, -0.2) is 34.6 Å². The lowest BCUT2D eigenvalue weighted by molar-refractivity contribution is -0.292. The van der Waals surface area contributed by atoms with Crippen LogP contribution in [0, 0.1) is 11.3 Å². The van der Waals surface area contributed by atoms with Gasteiger partial charge in [-0.15, -0.1) is 0 Å². The van der Waals surface area contributed by atoms with Gasteiger partial charge in [0.15, 0.2) is 5.60 Å². The summed E-state index contributed by atoms with van der Waals surface area (Å²) in [5.41, 5.74) is -2.33. The van der Waals surface area contributed by atoms with E-state index in [0.29, 0.717) is 0 Å². The fourth-order valence-corrected chi connectivity index (χ4v) is 1.40. The van der Waals surface area contributed by atoms with Crippen LogP contribution in [-0.2, 0) is 28.6 Å². The first-order valence-electron chi connectivity index (χ1n) is 4.20. The Hall–Kier alpha value is -2.14. The Bertz CT molecular complexity index is 414. The van der Waals surface area contributed by atoms with Gasteiger partial charge in [-0.1, -0.05) is 0 Å².